The monoisotopic (exact) mass is 401 g/mol. The van der Waals surface area contributed by atoms with Crippen LogP contribution in [0.3, 0.4) is 0 Å². The maximum absolute atomic E-state index is 13.8. The number of rotatable bonds is 1. The summed E-state index contributed by atoms with van der Waals surface area (Å²) >= 11 is 2.00. The lowest BCUT2D eigenvalue weighted by molar-refractivity contribution is 0.494. The van der Waals surface area contributed by atoms with Crippen molar-refractivity contribution in [1.82, 2.24) is 4.57 Å². The SMILES string of the molecule is O=c1oc2ccc(I)cc2c(=O)n1-c1ccc(F)cc1F. The highest BCUT2D eigenvalue weighted by Gasteiger charge is 2.15. The van der Waals surface area contributed by atoms with Gasteiger partial charge in [-0.25, -0.2) is 18.1 Å². The van der Waals surface area contributed by atoms with Crippen molar-refractivity contribution in [3.63, 3.8) is 0 Å². The van der Waals surface area contributed by atoms with Crippen LogP contribution < -0.4 is 11.3 Å². The summed E-state index contributed by atoms with van der Waals surface area (Å²) in [5, 5.41) is 0.144. The molecule has 0 fully saturated rings. The molecule has 1 aromatic heterocycles. The molecule has 7 heteroatoms. The molecule has 0 amide bonds. The predicted molar refractivity (Wildman–Crippen MR) is 80.7 cm³/mol. The van der Waals surface area contributed by atoms with Crippen molar-refractivity contribution in [1.29, 1.82) is 0 Å². The van der Waals surface area contributed by atoms with Crippen molar-refractivity contribution in [3.8, 4) is 5.69 Å². The van der Waals surface area contributed by atoms with E-state index < -0.39 is 22.9 Å². The summed E-state index contributed by atoms with van der Waals surface area (Å²) in [6, 6.07) is 7.27. The second kappa shape index (κ2) is 5.06. The Morgan fingerprint density at radius 1 is 1.05 bits per heavy atom. The first-order valence-corrected chi connectivity index (χ1v) is 6.86. The number of hydrogen-bond donors (Lipinski definition) is 0. The topological polar surface area (TPSA) is 52.2 Å². The van der Waals surface area contributed by atoms with Crippen molar-refractivity contribution >= 4 is 33.6 Å². The highest BCUT2D eigenvalue weighted by Crippen LogP contribution is 2.15. The molecule has 0 spiro atoms. The molecule has 3 aromatic rings. The summed E-state index contributed by atoms with van der Waals surface area (Å²) in [4.78, 5) is 24.3. The Morgan fingerprint density at radius 3 is 2.52 bits per heavy atom. The van der Waals surface area contributed by atoms with Gasteiger partial charge in [0, 0.05) is 9.64 Å². The molecule has 0 N–H and O–H groups in total. The zero-order valence-corrected chi connectivity index (χ0v) is 12.4. The van der Waals surface area contributed by atoms with E-state index in [1.54, 1.807) is 6.07 Å². The molecule has 0 aliphatic rings. The molecular weight excluding hydrogens is 395 g/mol. The molecule has 4 nitrogen and oxygen atoms in total. The fourth-order valence-corrected chi connectivity index (χ4v) is 2.46. The summed E-state index contributed by atoms with van der Waals surface area (Å²) < 4.78 is 33.1. The normalized spacial score (nSPS) is 11.0. The van der Waals surface area contributed by atoms with Crippen LogP contribution in [0.1, 0.15) is 0 Å². The molecule has 0 atom stereocenters. The third-order valence-electron chi connectivity index (χ3n) is 2.91. The largest absolute Gasteiger partial charge is 0.427 e. The molecular formula is C14H6F2INO3. The van der Waals surface area contributed by atoms with E-state index in [4.69, 9.17) is 4.42 Å². The first-order chi connectivity index (χ1) is 9.97. The quantitative estimate of drug-likeness (QED) is 0.590. The number of benzene rings is 2. The maximum atomic E-state index is 13.8. The van der Waals surface area contributed by atoms with Crippen LogP contribution in [0.15, 0.2) is 50.4 Å². The van der Waals surface area contributed by atoms with E-state index in [-0.39, 0.29) is 16.7 Å². The summed E-state index contributed by atoms with van der Waals surface area (Å²) in [7, 11) is 0. The lowest BCUT2D eigenvalue weighted by Gasteiger charge is -2.06. The minimum atomic E-state index is -1.03. The highest BCUT2D eigenvalue weighted by molar-refractivity contribution is 14.1. The van der Waals surface area contributed by atoms with E-state index in [2.05, 4.69) is 0 Å². The third-order valence-corrected chi connectivity index (χ3v) is 3.58. The molecule has 21 heavy (non-hydrogen) atoms. The Labute approximate surface area is 129 Å². The molecule has 2 aromatic carbocycles. The van der Waals surface area contributed by atoms with Gasteiger partial charge in [0.15, 0.2) is 0 Å². The zero-order chi connectivity index (χ0) is 15.1. The fourth-order valence-electron chi connectivity index (χ4n) is 1.97. The van der Waals surface area contributed by atoms with Gasteiger partial charge in [-0.1, -0.05) is 0 Å². The molecule has 1 heterocycles. The van der Waals surface area contributed by atoms with Gasteiger partial charge < -0.3 is 4.42 Å². The van der Waals surface area contributed by atoms with Gasteiger partial charge in [-0.15, -0.1) is 0 Å². The van der Waals surface area contributed by atoms with Crippen molar-refractivity contribution in [2.75, 3.05) is 0 Å². The summed E-state index contributed by atoms with van der Waals surface area (Å²) in [5.41, 5.74) is -0.953. The highest BCUT2D eigenvalue weighted by atomic mass is 127. The summed E-state index contributed by atoms with van der Waals surface area (Å²) in [5.74, 6) is -2.85. The molecule has 0 bridgehead atoms. The molecule has 0 radical (unpaired) electrons. The van der Waals surface area contributed by atoms with Gasteiger partial charge in [-0.3, -0.25) is 4.79 Å². The Bertz CT molecular complexity index is 978. The minimum absolute atomic E-state index is 0.115. The number of aromatic nitrogens is 1. The van der Waals surface area contributed by atoms with Gasteiger partial charge in [-0.2, -0.15) is 0 Å². The van der Waals surface area contributed by atoms with E-state index in [9.17, 15) is 18.4 Å². The van der Waals surface area contributed by atoms with Gasteiger partial charge >= 0.3 is 5.76 Å². The van der Waals surface area contributed by atoms with Crippen LogP contribution in [0.5, 0.6) is 0 Å². The van der Waals surface area contributed by atoms with E-state index in [0.29, 0.717) is 10.6 Å². The van der Waals surface area contributed by atoms with E-state index in [0.717, 1.165) is 15.7 Å². The average molecular weight is 401 g/mol. The smallest absolute Gasteiger partial charge is 0.409 e. The van der Waals surface area contributed by atoms with E-state index in [1.165, 1.54) is 12.1 Å². The fraction of sp³-hybridized carbons (Fsp3) is 0. The van der Waals surface area contributed by atoms with Crippen LogP contribution in [0.4, 0.5) is 8.78 Å². The molecule has 0 unspecified atom stereocenters. The van der Waals surface area contributed by atoms with Gasteiger partial charge in [-0.05, 0) is 52.9 Å². The number of fused-ring (bicyclic) bond motifs is 1. The Balaban J connectivity index is 2.43. The first kappa shape index (κ1) is 13.9. The molecule has 0 saturated carbocycles. The summed E-state index contributed by atoms with van der Waals surface area (Å²) in [6.45, 7) is 0. The van der Waals surface area contributed by atoms with Crippen LogP contribution in [0.25, 0.3) is 16.7 Å². The lowest BCUT2D eigenvalue weighted by atomic mass is 10.2. The maximum Gasteiger partial charge on any atom is 0.427 e. The second-order valence-electron chi connectivity index (χ2n) is 4.24. The lowest BCUT2D eigenvalue weighted by Crippen LogP contribution is -2.31. The van der Waals surface area contributed by atoms with Gasteiger partial charge in [0.25, 0.3) is 5.56 Å². The van der Waals surface area contributed by atoms with Crippen molar-refractivity contribution in [2.24, 2.45) is 0 Å². The van der Waals surface area contributed by atoms with Crippen LogP contribution in [-0.2, 0) is 0 Å². The van der Waals surface area contributed by atoms with Crippen LogP contribution in [-0.4, -0.2) is 4.57 Å². The number of hydrogen-bond acceptors (Lipinski definition) is 3. The zero-order valence-electron chi connectivity index (χ0n) is 10.3. The Kier molecular flexibility index (Phi) is 3.36. The van der Waals surface area contributed by atoms with Crippen molar-refractivity contribution in [2.45, 2.75) is 0 Å². The third kappa shape index (κ3) is 2.37. The average Bonchev–Trinajstić information content (AvgIpc) is 2.42. The van der Waals surface area contributed by atoms with Gasteiger partial charge in [0.2, 0.25) is 0 Å². The predicted octanol–water partition coefficient (Wildman–Crippen LogP) is 2.83. The molecule has 3 rings (SSSR count). The Hall–Kier alpha value is -2.03. The van der Waals surface area contributed by atoms with Gasteiger partial charge in [0.1, 0.15) is 17.2 Å². The molecule has 0 aliphatic heterocycles. The van der Waals surface area contributed by atoms with Crippen molar-refractivity contribution in [3.05, 3.63) is 72.5 Å². The van der Waals surface area contributed by atoms with Crippen LogP contribution >= 0.6 is 22.6 Å². The number of nitrogens with zero attached hydrogens (tertiary/aromatic N) is 1. The minimum Gasteiger partial charge on any atom is -0.409 e. The second-order valence-corrected chi connectivity index (χ2v) is 5.49. The van der Waals surface area contributed by atoms with Crippen LogP contribution in [0, 0.1) is 15.2 Å². The van der Waals surface area contributed by atoms with Gasteiger partial charge in [0.05, 0.1) is 11.1 Å². The molecule has 106 valence electrons. The van der Waals surface area contributed by atoms with E-state index in [1.807, 2.05) is 22.6 Å². The number of halogens is 3. The molecule has 0 aliphatic carbocycles. The van der Waals surface area contributed by atoms with E-state index >= 15 is 0 Å². The first-order valence-electron chi connectivity index (χ1n) is 5.78. The summed E-state index contributed by atoms with van der Waals surface area (Å²) in [6.07, 6.45) is 0. The van der Waals surface area contributed by atoms with Crippen LogP contribution in [0.2, 0.25) is 0 Å². The molecule has 0 saturated heterocycles. The van der Waals surface area contributed by atoms with Crippen molar-refractivity contribution < 1.29 is 13.2 Å². The Morgan fingerprint density at radius 2 is 1.81 bits per heavy atom. The standard InChI is InChI=1S/C14H6F2INO3/c15-7-1-3-11(10(16)5-7)18-13(19)9-6-8(17)2-4-12(9)21-14(18)20/h1-6H.